The van der Waals surface area contributed by atoms with Gasteiger partial charge in [-0.3, -0.25) is 0 Å². The zero-order valence-corrected chi connectivity index (χ0v) is 8.89. The normalized spacial score (nSPS) is 21.3. The fourth-order valence-electron chi connectivity index (χ4n) is 1.64. The number of nitrogens with one attached hydrogen (secondary N) is 1. The number of phenolic OH excluding ortho intramolecular Hbond substituents is 1. The van der Waals surface area contributed by atoms with Crippen molar-refractivity contribution in [2.45, 2.75) is 11.3 Å². The van der Waals surface area contributed by atoms with E-state index in [0.29, 0.717) is 5.75 Å². The Hall–Kier alpha value is -0.670. The van der Waals surface area contributed by atoms with Crippen LogP contribution in [-0.4, -0.2) is 23.9 Å². The van der Waals surface area contributed by atoms with E-state index in [-0.39, 0.29) is 0 Å². The molecule has 14 heavy (non-hydrogen) atoms. The molecule has 1 aliphatic rings. The zero-order valence-electron chi connectivity index (χ0n) is 8.07. The van der Waals surface area contributed by atoms with Crippen LogP contribution in [0.25, 0.3) is 0 Å². The molecule has 1 unspecified atom stereocenters. The second-order valence-corrected chi connectivity index (χ2v) is 4.76. The summed E-state index contributed by atoms with van der Waals surface area (Å²) in [5.74, 6) is 2.30. The lowest BCUT2D eigenvalue weighted by Crippen LogP contribution is -2.10. The average molecular weight is 209 g/mol. The van der Waals surface area contributed by atoms with E-state index in [1.54, 1.807) is 6.07 Å². The first-order valence-electron chi connectivity index (χ1n) is 4.97. The highest BCUT2D eigenvalue weighted by atomic mass is 32.2. The Morgan fingerprint density at radius 2 is 2.43 bits per heavy atom. The van der Waals surface area contributed by atoms with Crippen LogP contribution in [-0.2, 0) is 0 Å². The third-order valence-electron chi connectivity index (χ3n) is 2.47. The Morgan fingerprint density at radius 1 is 1.50 bits per heavy atom. The summed E-state index contributed by atoms with van der Waals surface area (Å²) in [6.45, 7) is 2.30. The van der Waals surface area contributed by atoms with Gasteiger partial charge in [0.2, 0.25) is 0 Å². The SMILES string of the molecule is Oc1cccc(SCC2CCNC2)c1. The monoisotopic (exact) mass is 209 g/mol. The van der Waals surface area contributed by atoms with Crippen molar-refractivity contribution in [2.75, 3.05) is 18.8 Å². The molecule has 0 aliphatic carbocycles. The molecule has 0 spiro atoms. The number of hydrogen-bond acceptors (Lipinski definition) is 3. The van der Waals surface area contributed by atoms with Crippen LogP contribution in [0.3, 0.4) is 0 Å². The van der Waals surface area contributed by atoms with Gasteiger partial charge < -0.3 is 10.4 Å². The molecule has 0 amide bonds. The largest absolute Gasteiger partial charge is 0.508 e. The Balaban J connectivity index is 1.85. The smallest absolute Gasteiger partial charge is 0.116 e. The molecule has 76 valence electrons. The molecule has 0 aromatic heterocycles. The molecule has 0 radical (unpaired) electrons. The van der Waals surface area contributed by atoms with Crippen molar-refractivity contribution in [1.29, 1.82) is 0 Å². The Kier molecular flexibility index (Phi) is 3.32. The van der Waals surface area contributed by atoms with Crippen LogP contribution in [0, 0.1) is 5.92 Å². The molecule has 0 bridgehead atoms. The highest BCUT2D eigenvalue weighted by molar-refractivity contribution is 7.99. The minimum Gasteiger partial charge on any atom is -0.508 e. The van der Waals surface area contributed by atoms with Crippen molar-refractivity contribution in [2.24, 2.45) is 5.92 Å². The van der Waals surface area contributed by atoms with Crippen molar-refractivity contribution in [3.05, 3.63) is 24.3 Å². The van der Waals surface area contributed by atoms with Gasteiger partial charge in [-0.15, -0.1) is 11.8 Å². The molecular weight excluding hydrogens is 194 g/mol. The predicted octanol–water partition coefficient (Wildman–Crippen LogP) is 2.09. The third kappa shape index (κ3) is 2.66. The maximum atomic E-state index is 9.28. The van der Waals surface area contributed by atoms with Gasteiger partial charge in [-0.05, 0) is 43.6 Å². The average Bonchev–Trinajstić information content (AvgIpc) is 2.67. The first-order valence-corrected chi connectivity index (χ1v) is 5.96. The lowest BCUT2D eigenvalue weighted by atomic mass is 10.2. The molecule has 1 saturated heterocycles. The summed E-state index contributed by atoms with van der Waals surface area (Å²) in [6, 6.07) is 7.48. The van der Waals surface area contributed by atoms with Gasteiger partial charge in [0.15, 0.2) is 0 Å². The summed E-state index contributed by atoms with van der Waals surface area (Å²) in [4.78, 5) is 1.16. The number of phenols is 1. The Bertz CT molecular complexity index is 297. The molecule has 1 atom stereocenters. The quantitative estimate of drug-likeness (QED) is 0.748. The fourth-order valence-corrected chi connectivity index (χ4v) is 2.74. The maximum Gasteiger partial charge on any atom is 0.116 e. The predicted molar refractivity (Wildman–Crippen MR) is 59.8 cm³/mol. The Morgan fingerprint density at radius 3 is 3.14 bits per heavy atom. The lowest BCUT2D eigenvalue weighted by Gasteiger charge is -2.07. The minimum absolute atomic E-state index is 0.361. The molecule has 2 rings (SSSR count). The van der Waals surface area contributed by atoms with E-state index in [1.807, 2.05) is 30.0 Å². The van der Waals surface area contributed by atoms with Crippen LogP contribution < -0.4 is 5.32 Å². The maximum absolute atomic E-state index is 9.28. The van der Waals surface area contributed by atoms with E-state index in [1.165, 1.54) is 6.42 Å². The van der Waals surface area contributed by atoms with Gasteiger partial charge in [0, 0.05) is 10.6 Å². The number of hydrogen-bond donors (Lipinski definition) is 2. The van der Waals surface area contributed by atoms with Gasteiger partial charge in [0.25, 0.3) is 0 Å². The van der Waals surface area contributed by atoms with E-state index >= 15 is 0 Å². The molecule has 2 N–H and O–H groups in total. The fraction of sp³-hybridized carbons (Fsp3) is 0.455. The summed E-state index contributed by atoms with van der Waals surface area (Å²) >= 11 is 1.83. The number of aromatic hydroxyl groups is 1. The van der Waals surface area contributed by atoms with Gasteiger partial charge in [0.05, 0.1) is 0 Å². The lowest BCUT2D eigenvalue weighted by molar-refractivity contribution is 0.474. The summed E-state index contributed by atoms with van der Waals surface area (Å²) in [6.07, 6.45) is 1.28. The van der Waals surface area contributed by atoms with Crippen LogP contribution in [0.15, 0.2) is 29.2 Å². The molecule has 1 heterocycles. The topological polar surface area (TPSA) is 32.3 Å². The molecule has 1 fully saturated rings. The highest BCUT2D eigenvalue weighted by Gasteiger charge is 2.14. The van der Waals surface area contributed by atoms with E-state index in [9.17, 15) is 5.11 Å². The number of rotatable bonds is 3. The van der Waals surface area contributed by atoms with Gasteiger partial charge in [-0.1, -0.05) is 6.07 Å². The van der Waals surface area contributed by atoms with E-state index in [0.717, 1.165) is 29.7 Å². The van der Waals surface area contributed by atoms with E-state index in [2.05, 4.69) is 5.32 Å². The molecule has 3 heteroatoms. The Labute approximate surface area is 88.7 Å². The summed E-state index contributed by atoms with van der Waals surface area (Å²) in [7, 11) is 0. The van der Waals surface area contributed by atoms with Gasteiger partial charge in [0.1, 0.15) is 5.75 Å². The van der Waals surface area contributed by atoms with Gasteiger partial charge in [-0.2, -0.15) is 0 Å². The summed E-state index contributed by atoms with van der Waals surface area (Å²) in [5, 5.41) is 12.6. The molecule has 2 nitrogen and oxygen atoms in total. The zero-order chi connectivity index (χ0) is 9.80. The van der Waals surface area contributed by atoms with Crippen molar-refractivity contribution in [3.63, 3.8) is 0 Å². The third-order valence-corrected chi connectivity index (χ3v) is 3.69. The highest BCUT2D eigenvalue weighted by Crippen LogP contribution is 2.25. The molecule has 1 aliphatic heterocycles. The van der Waals surface area contributed by atoms with Crippen LogP contribution in [0.2, 0.25) is 0 Å². The van der Waals surface area contributed by atoms with Crippen LogP contribution in [0.4, 0.5) is 0 Å². The van der Waals surface area contributed by atoms with Crippen molar-refractivity contribution in [1.82, 2.24) is 5.32 Å². The second-order valence-electron chi connectivity index (χ2n) is 3.67. The second kappa shape index (κ2) is 4.71. The van der Waals surface area contributed by atoms with Crippen LogP contribution >= 0.6 is 11.8 Å². The summed E-state index contributed by atoms with van der Waals surface area (Å²) < 4.78 is 0. The van der Waals surface area contributed by atoms with Crippen molar-refractivity contribution >= 4 is 11.8 Å². The van der Waals surface area contributed by atoms with Gasteiger partial charge in [-0.25, -0.2) is 0 Å². The number of benzene rings is 1. The molecular formula is C11H15NOS. The van der Waals surface area contributed by atoms with Gasteiger partial charge >= 0.3 is 0 Å². The molecule has 0 saturated carbocycles. The standard InChI is InChI=1S/C11H15NOS/c13-10-2-1-3-11(6-10)14-8-9-4-5-12-7-9/h1-3,6,9,12-13H,4-5,7-8H2. The first-order chi connectivity index (χ1) is 6.84. The van der Waals surface area contributed by atoms with E-state index < -0.39 is 0 Å². The van der Waals surface area contributed by atoms with Crippen LogP contribution in [0.1, 0.15) is 6.42 Å². The van der Waals surface area contributed by atoms with Crippen LogP contribution in [0.5, 0.6) is 5.75 Å². The minimum atomic E-state index is 0.361. The molecule has 1 aromatic rings. The number of thioether (sulfide) groups is 1. The van der Waals surface area contributed by atoms with E-state index in [4.69, 9.17) is 0 Å². The van der Waals surface area contributed by atoms with Crippen molar-refractivity contribution in [3.8, 4) is 5.75 Å². The molecule has 1 aromatic carbocycles. The van der Waals surface area contributed by atoms with Crippen molar-refractivity contribution < 1.29 is 5.11 Å². The first kappa shape index (κ1) is 9.87. The summed E-state index contributed by atoms with van der Waals surface area (Å²) in [5.41, 5.74) is 0.